The molecule has 0 unspecified atom stereocenters. The van der Waals surface area contributed by atoms with Crippen LogP contribution in [-0.4, -0.2) is 15.0 Å². The van der Waals surface area contributed by atoms with Crippen molar-refractivity contribution in [2.24, 2.45) is 0 Å². The lowest BCUT2D eigenvalue weighted by molar-refractivity contribution is 1.04. The molecule has 2 aromatic heterocycles. The van der Waals surface area contributed by atoms with E-state index in [1.807, 2.05) is 13.8 Å². The summed E-state index contributed by atoms with van der Waals surface area (Å²) < 4.78 is 0. The first-order valence-electron chi connectivity index (χ1n) is 5.08. The van der Waals surface area contributed by atoms with E-state index in [4.69, 9.17) is 11.6 Å². The lowest BCUT2D eigenvalue weighted by atomic mass is 10.3. The second-order valence-corrected chi connectivity index (χ2v) is 4.98. The summed E-state index contributed by atoms with van der Waals surface area (Å²) in [5.41, 5.74) is 0.673. The normalized spacial score (nSPS) is 10.5. The fourth-order valence-electron chi connectivity index (χ4n) is 1.38. The number of hydrogen-bond donors (Lipinski definition) is 2. The highest BCUT2D eigenvalue weighted by molar-refractivity contribution is 7.15. The van der Waals surface area contributed by atoms with Crippen LogP contribution in [0, 0.1) is 6.92 Å². The van der Waals surface area contributed by atoms with Crippen LogP contribution in [-0.2, 0) is 6.42 Å². The van der Waals surface area contributed by atoms with Crippen LogP contribution < -0.4 is 10.9 Å². The van der Waals surface area contributed by atoms with Crippen molar-refractivity contribution in [3.05, 3.63) is 32.3 Å². The van der Waals surface area contributed by atoms with Gasteiger partial charge in [0.05, 0.1) is 12.0 Å². The highest BCUT2D eigenvalue weighted by atomic mass is 35.5. The van der Waals surface area contributed by atoms with Gasteiger partial charge in [0.2, 0.25) is 0 Å². The zero-order valence-corrected chi connectivity index (χ0v) is 10.9. The van der Waals surface area contributed by atoms with E-state index in [0.717, 1.165) is 17.0 Å². The Kier molecular flexibility index (Phi) is 3.44. The average molecular weight is 271 g/mol. The molecule has 0 aliphatic carbocycles. The molecule has 0 saturated carbocycles. The molecular weight excluding hydrogens is 260 g/mol. The highest BCUT2D eigenvalue weighted by Gasteiger charge is 2.10. The van der Waals surface area contributed by atoms with Gasteiger partial charge in [-0.25, -0.2) is 9.97 Å². The Labute approximate surface area is 107 Å². The molecule has 7 heteroatoms. The molecule has 0 aliphatic heterocycles. The maximum absolute atomic E-state index is 11.3. The molecule has 0 aliphatic rings. The maximum Gasteiger partial charge on any atom is 0.271 e. The molecule has 0 aromatic carbocycles. The van der Waals surface area contributed by atoms with Crippen LogP contribution in [0.25, 0.3) is 0 Å². The van der Waals surface area contributed by atoms with Crippen LogP contribution in [0.3, 0.4) is 0 Å². The summed E-state index contributed by atoms with van der Waals surface area (Å²) in [5.74, 6) is 0.326. The third kappa shape index (κ3) is 2.48. The van der Waals surface area contributed by atoms with E-state index >= 15 is 0 Å². The van der Waals surface area contributed by atoms with Gasteiger partial charge in [-0.05, 0) is 13.3 Å². The van der Waals surface area contributed by atoms with Gasteiger partial charge in [0, 0.05) is 4.88 Å². The van der Waals surface area contributed by atoms with Crippen molar-refractivity contribution in [3.63, 3.8) is 0 Å². The fraction of sp³-hybridized carbons (Fsp3) is 0.300. The van der Waals surface area contributed by atoms with Gasteiger partial charge in [-0.1, -0.05) is 18.5 Å². The molecular formula is C10H11ClN4OS. The van der Waals surface area contributed by atoms with Crippen LogP contribution >= 0.6 is 22.9 Å². The number of halogens is 1. The molecule has 17 heavy (non-hydrogen) atoms. The van der Waals surface area contributed by atoms with Gasteiger partial charge in [-0.15, -0.1) is 11.3 Å². The summed E-state index contributed by atoms with van der Waals surface area (Å²) in [6.45, 7) is 4.05. The van der Waals surface area contributed by atoms with E-state index in [2.05, 4.69) is 20.3 Å². The molecule has 0 atom stereocenters. The van der Waals surface area contributed by atoms with Gasteiger partial charge >= 0.3 is 0 Å². The van der Waals surface area contributed by atoms with Crippen LogP contribution in [0.4, 0.5) is 10.9 Å². The summed E-state index contributed by atoms with van der Waals surface area (Å²) in [7, 11) is 0. The molecule has 2 heterocycles. The monoisotopic (exact) mass is 270 g/mol. The number of aromatic amines is 1. The van der Waals surface area contributed by atoms with E-state index in [1.165, 1.54) is 17.7 Å². The Bertz CT molecular complexity index is 592. The van der Waals surface area contributed by atoms with Gasteiger partial charge in [0.15, 0.2) is 10.9 Å². The molecule has 0 amide bonds. The van der Waals surface area contributed by atoms with Crippen molar-refractivity contribution < 1.29 is 0 Å². The predicted molar refractivity (Wildman–Crippen MR) is 69.4 cm³/mol. The number of aryl methyl sites for hydroxylation is 2. The first-order chi connectivity index (χ1) is 8.11. The van der Waals surface area contributed by atoms with Crippen molar-refractivity contribution in [1.82, 2.24) is 15.0 Å². The first-order valence-corrected chi connectivity index (χ1v) is 6.27. The maximum atomic E-state index is 11.3. The van der Waals surface area contributed by atoms with Crippen LogP contribution in [0.5, 0.6) is 0 Å². The Morgan fingerprint density at radius 2 is 2.35 bits per heavy atom. The van der Waals surface area contributed by atoms with Gasteiger partial charge in [0.25, 0.3) is 5.56 Å². The number of nitrogens with zero attached hydrogens (tertiary/aromatic N) is 2. The van der Waals surface area contributed by atoms with Gasteiger partial charge < -0.3 is 10.3 Å². The standard InChI is InChI=1S/C10H11ClN4OS/c1-3-6-5(2)17-10(14-6)15-8-7(11)9(16)13-4-12-8/h4H,3H2,1-2H3,(H2,12,13,14,15,16). The molecule has 0 spiro atoms. The summed E-state index contributed by atoms with van der Waals surface area (Å²) in [6, 6.07) is 0. The number of anilines is 2. The number of rotatable bonds is 3. The molecule has 2 N–H and O–H groups in total. The summed E-state index contributed by atoms with van der Waals surface area (Å²) >= 11 is 7.35. The van der Waals surface area contributed by atoms with E-state index < -0.39 is 0 Å². The van der Waals surface area contributed by atoms with E-state index in [-0.39, 0.29) is 10.6 Å². The lowest BCUT2D eigenvalue weighted by Gasteiger charge is -2.01. The largest absolute Gasteiger partial charge is 0.315 e. The Hall–Kier alpha value is -1.40. The minimum absolute atomic E-state index is 0.0402. The molecule has 2 rings (SSSR count). The topological polar surface area (TPSA) is 70.7 Å². The number of H-pyrrole nitrogens is 1. The summed E-state index contributed by atoms with van der Waals surface area (Å²) in [6.07, 6.45) is 2.18. The van der Waals surface area contributed by atoms with Gasteiger partial charge in [-0.3, -0.25) is 4.79 Å². The zero-order chi connectivity index (χ0) is 12.4. The van der Waals surface area contributed by atoms with Gasteiger partial charge in [-0.2, -0.15) is 0 Å². The minimum atomic E-state index is -0.367. The second kappa shape index (κ2) is 4.85. The van der Waals surface area contributed by atoms with Crippen molar-refractivity contribution in [2.45, 2.75) is 20.3 Å². The first kappa shape index (κ1) is 12.1. The van der Waals surface area contributed by atoms with Crippen molar-refractivity contribution in [1.29, 1.82) is 0 Å². The zero-order valence-electron chi connectivity index (χ0n) is 9.37. The predicted octanol–water partition coefficient (Wildman–Crippen LogP) is 2.49. The van der Waals surface area contributed by atoms with E-state index in [1.54, 1.807) is 0 Å². The van der Waals surface area contributed by atoms with Crippen molar-refractivity contribution in [2.75, 3.05) is 5.32 Å². The Morgan fingerprint density at radius 1 is 1.59 bits per heavy atom. The third-order valence-corrected chi connectivity index (χ3v) is 3.53. The molecule has 0 bridgehead atoms. The minimum Gasteiger partial charge on any atom is -0.315 e. The van der Waals surface area contributed by atoms with E-state index in [9.17, 15) is 4.79 Å². The molecule has 0 fully saturated rings. The van der Waals surface area contributed by atoms with Crippen LogP contribution in [0.1, 0.15) is 17.5 Å². The van der Waals surface area contributed by atoms with Crippen molar-refractivity contribution in [3.8, 4) is 0 Å². The van der Waals surface area contributed by atoms with Crippen LogP contribution in [0.15, 0.2) is 11.1 Å². The summed E-state index contributed by atoms with van der Waals surface area (Å²) in [5, 5.41) is 3.69. The fourth-order valence-corrected chi connectivity index (χ4v) is 2.43. The smallest absolute Gasteiger partial charge is 0.271 e. The molecule has 2 aromatic rings. The Balaban J connectivity index is 2.31. The summed E-state index contributed by atoms with van der Waals surface area (Å²) in [4.78, 5) is 23.2. The number of hydrogen-bond acceptors (Lipinski definition) is 5. The lowest BCUT2D eigenvalue weighted by Crippen LogP contribution is -2.09. The number of nitrogens with one attached hydrogen (secondary N) is 2. The van der Waals surface area contributed by atoms with Gasteiger partial charge in [0.1, 0.15) is 5.02 Å². The van der Waals surface area contributed by atoms with Crippen LogP contribution in [0.2, 0.25) is 5.02 Å². The second-order valence-electron chi connectivity index (χ2n) is 3.39. The average Bonchev–Trinajstić information content (AvgIpc) is 2.65. The van der Waals surface area contributed by atoms with Crippen molar-refractivity contribution >= 4 is 33.9 Å². The highest BCUT2D eigenvalue weighted by Crippen LogP contribution is 2.26. The van der Waals surface area contributed by atoms with E-state index in [0.29, 0.717) is 10.9 Å². The molecule has 0 radical (unpaired) electrons. The Morgan fingerprint density at radius 3 is 3.00 bits per heavy atom. The molecule has 0 saturated heterocycles. The SMILES string of the molecule is CCc1nc(Nc2nc[nH]c(=O)c2Cl)sc1C. The molecule has 90 valence electrons. The number of aromatic nitrogens is 3. The third-order valence-electron chi connectivity index (χ3n) is 2.25. The number of thiazole rings is 1. The molecule has 5 nitrogen and oxygen atoms in total. The quantitative estimate of drug-likeness (QED) is 0.899.